The summed E-state index contributed by atoms with van der Waals surface area (Å²) in [6.45, 7) is 1.27. The van der Waals surface area contributed by atoms with Crippen LogP contribution < -0.4 is 11.2 Å². The number of ether oxygens (including phenoxy) is 1. The van der Waals surface area contributed by atoms with Gasteiger partial charge < -0.3 is 9.84 Å². The Bertz CT molecular complexity index is 649. The second-order valence-corrected chi connectivity index (χ2v) is 3.92. The first-order valence-electron chi connectivity index (χ1n) is 5.27. The van der Waals surface area contributed by atoms with E-state index in [2.05, 4.69) is 4.98 Å². The first kappa shape index (κ1) is 12.3. The van der Waals surface area contributed by atoms with Crippen LogP contribution in [0.3, 0.4) is 0 Å². The topological polar surface area (TPSA) is 108 Å². The first-order valence-corrected chi connectivity index (χ1v) is 5.27. The molecule has 0 bridgehead atoms. The van der Waals surface area contributed by atoms with Gasteiger partial charge in [0.15, 0.2) is 6.23 Å². The second-order valence-electron chi connectivity index (χ2n) is 3.92. The van der Waals surface area contributed by atoms with Crippen LogP contribution >= 0.6 is 0 Å². The Morgan fingerprint density at radius 3 is 2.94 bits per heavy atom. The number of aryl methyl sites for hydroxylation is 1. The number of nitriles is 1. The van der Waals surface area contributed by atoms with E-state index in [9.17, 15) is 9.59 Å². The highest BCUT2D eigenvalue weighted by Gasteiger charge is 2.29. The largest absolute Gasteiger partial charge is 0.393 e. The Morgan fingerprint density at radius 1 is 1.61 bits per heavy atom. The van der Waals surface area contributed by atoms with Crippen molar-refractivity contribution in [3.63, 3.8) is 0 Å². The summed E-state index contributed by atoms with van der Waals surface area (Å²) in [5.41, 5.74) is -0.573. The van der Waals surface area contributed by atoms with Gasteiger partial charge in [-0.05, 0) is 13.0 Å². The van der Waals surface area contributed by atoms with E-state index in [-0.39, 0.29) is 12.2 Å². The third-order valence-corrected chi connectivity index (χ3v) is 2.64. The van der Waals surface area contributed by atoms with Gasteiger partial charge in [0, 0.05) is 11.8 Å². The van der Waals surface area contributed by atoms with Gasteiger partial charge in [0.25, 0.3) is 5.56 Å². The van der Waals surface area contributed by atoms with E-state index in [4.69, 9.17) is 15.1 Å². The van der Waals surface area contributed by atoms with Gasteiger partial charge in [0.2, 0.25) is 0 Å². The van der Waals surface area contributed by atoms with Gasteiger partial charge in [0.1, 0.15) is 6.10 Å². The van der Waals surface area contributed by atoms with Gasteiger partial charge in [-0.25, -0.2) is 4.79 Å². The van der Waals surface area contributed by atoms with Crippen molar-refractivity contribution in [3.8, 4) is 6.07 Å². The molecule has 0 saturated heterocycles. The number of H-pyrrole nitrogens is 1. The molecule has 2 heterocycles. The molecule has 7 nitrogen and oxygen atoms in total. The summed E-state index contributed by atoms with van der Waals surface area (Å²) in [6.07, 6.45) is 1.26. The van der Waals surface area contributed by atoms with Gasteiger partial charge in [-0.1, -0.05) is 0 Å². The SMILES string of the molecule is Cc1cn([C@@H]2O[C@H](CO)C=C2C#N)c(=O)[nH]c1=O. The normalized spacial score (nSPS) is 22.6. The molecule has 1 aliphatic heterocycles. The lowest BCUT2D eigenvalue weighted by molar-refractivity contribution is -0.0130. The fraction of sp³-hybridized carbons (Fsp3) is 0.364. The van der Waals surface area contributed by atoms with Gasteiger partial charge in [0.05, 0.1) is 18.2 Å². The molecule has 0 fully saturated rings. The highest BCUT2D eigenvalue weighted by atomic mass is 16.5. The average Bonchev–Trinajstić information content (AvgIpc) is 2.77. The fourth-order valence-electron chi connectivity index (χ4n) is 1.72. The van der Waals surface area contributed by atoms with Crippen LogP contribution in [-0.2, 0) is 4.74 Å². The molecular weight excluding hydrogens is 238 g/mol. The third kappa shape index (κ3) is 1.99. The van der Waals surface area contributed by atoms with Crippen molar-refractivity contribution in [1.82, 2.24) is 9.55 Å². The summed E-state index contributed by atoms with van der Waals surface area (Å²) >= 11 is 0. The number of aromatic nitrogens is 2. The quantitative estimate of drug-likeness (QED) is 0.712. The number of rotatable bonds is 2. The number of hydrogen-bond donors (Lipinski definition) is 2. The summed E-state index contributed by atoms with van der Waals surface area (Å²) in [4.78, 5) is 25.0. The summed E-state index contributed by atoms with van der Waals surface area (Å²) in [5, 5.41) is 17.9. The number of hydrogen-bond acceptors (Lipinski definition) is 5. The predicted molar refractivity (Wildman–Crippen MR) is 60.8 cm³/mol. The molecule has 1 aromatic heterocycles. The Morgan fingerprint density at radius 2 is 2.33 bits per heavy atom. The number of nitrogens with one attached hydrogen (secondary N) is 1. The lowest BCUT2D eigenvalue weighted by Gasteiger charge is -2.16. The molecular formula is C11H11N3O4. The molecule has 0 radical (unpaired) electrons. The average molecular weight is 249 g/mol. The lowest BCUT2D eigenvalue weighted by Crippen LogP contribution is -2.34. The predicted octanol–water partition coefficient (Wildman–Crippen LogP) is -0.815. The maximum atomic E-state index is 11.7. The zero-order valence-electron chi connectivity index (χ0n) is 9.58. The van der Waals surface area contributed by atoms with Crippen molar-refractivity contribution in [2.75, 3.05) is 6.61 Å². The van der Waals surface area contributed by atoms with Crippen molar-refractivity contribution >= 4 is 0 Å². The van der Waals surface area contributed by atoms with Gasteiger partial charge in [-0.15, -0.1) is 0 Å². The fourth-order valence-corrected chi connectivity index (χ4v) is 1.72. The zero-order chi connectivity index (χ0) is 13.3. The van der Waals surface area contributed by atoms with E-state index in [1.165, 1.54) is 12.3 Å². The molecule has 7 heteroatoms. The Balaban J connectivity index is 2.49. The van der Waals surface area contributed by atoms with Crippen molar-refractivity contribution in [2.45, 2.75) is 19.3 Å². The second kappa shape index (κ2) is 4.60. The summed E-state index contributed by atoms with van der Waals surface area (Å²) in [5.74, 6) is 0. The molecule has 1 aromatic rings. The van der Waals surface area contributed by atoms with Crippen LogP contribution in [0, 0.1) is 18.3 Å². The van der Waals surface area contributed by atoms with Gasteiger partial charge >= 0.3 is 5.69 Å². The third-order valence-electron chi connectivity index (χ3n) is 2.64. The molecule has 2 N–H and O–H groups in total. The van der Waals surface area contributed by atoms with Crippen LogP contribution in [0.1, 0.15) is 11.8 Å². The molecule has 0 aliphatic carbocycles. The van der Waals surface area contributed by atoms with E-state index >= 15 is 0 Å². The Hall–Kier alpha value is -2.17. The molecule has 1 aliphatic rings. The molecule has 94 valence electrons. The number of nitrogens with zero attached hydrogens (tertiary/aromatic N) is 2. The summed E-state index contributed by atoms with van der Waals surface area (Å²) in [7, 11) is 0. The number of aromatic amines is 1. The maximum Gasteiger partial charge on any atom is 0.330 e. The van der Waals surface area contributed by atoms with Gasteiger partial charge in [-0.2, -0.15) is 5.26 Å². The van der Waals surface area contributed by atoms with Crippen LogP contribution in [0.5, 0.6) is 0 Å². The lowest BCUT2D eigenvalue weighted by atomic mass is 10.2. The van der Waals surface area contributed by atoms with E-state index in [0.717, 1.165) is 4.57 Å². The molecule has 0 unspecified atom stereocenters. The van der Waals surface area contributed by atoms with E-state index in [0.29, 0.717) is 5.56 Å². The maximum absolute atomic E-state index is 11.7. The Kier molecular flexibility index (Phi) is 3.14. The first-order chi connectivity index (χ1) is 8.56. The van der Waals surface area contributed by atoms with Crippen LogP contribution in [0.15, 0.2) is 27.4 Å². The van der Waals surface area contributed by atoms with Crippen LogP contribution in [0.4, 0.5) is 0 Å². The van der Waals surface area contributed by atoms with Crippen LogP contribution in [0.25, 0.3) is 0 Å². The van der Waals surface area contributed by atoms with Crippen LogP contribution in [0.2, 0.25) is 0 Å². The van der Waals surface area contributed by atoms with Gasteiger partial charge in [-0.3, -0.25) is 14.3 Å². The minimum Gasteiger partial charge on any atom is -0.393 e. The van der Waals surface area contributed by atoms with Crippen molar-refractivity contribution < 1.29 is 9.84 Å². The van der Waals surface area contributed by atoms with E-state index in [1.807, 2.05) is 6.07 Å². The number of aliphatic hydroxyl groups is 1. The minimum absolute atomic E-state index is 0.225. The van der Waals surface area contributed by atoms with Crippen molar-refractivity contribution in [1.29, 1.82) is 5.26 Å². The highest BCUT2D eigenvalue weighted by molar-refractivity contribution is 5.29. The minimum atomic E-state index is -0.907. The van der Waals surface area contributed by atoms with E-state index in [1.54, 1.807) is 6.92 Å². The van der Waals surface area contributed by atoms with Crippen LogP contribution in [-0.4, -0.2) is 27.4 Å². The standard InChI is InChI=1S/C11H11N3O4/c1-6-4-14(11(17)13-9(6)16)10-7(3-12)2-8(5-15)18-10/h2,4,8,10,15H,5H2,1H3,(H,13,16,17)/t8-,10+/m0/s1. The van der Waals surface area contributed by atoms with Crippen molar-refractivity contribution in [2.24, 2.45) is 0 Å². The molecule has 2 atom stereocenters. The molecule has 0 spiro atoms. The molecule has 2 rings (SSSR count). The van der Waals surface area contributed by atoms with E-state index < -0.39 is 23.6 Å². The smallest absolute Gasteiger partial charge is 0.330 e. The molecule has 0 aromatic carbocycles. The zero-order valence-corrected chi connectivity index (χ0v) is 9.58. The Labute approximate surface area is 102 Å². The molecule has 0 amide bonds. The summed E-state index contributed by atoms with van der Waals surface area (Å²) in [6, 6.07) is 1.91. The van der Waals surface area contributed by atoms with Crippen molar-refractivity contribution in [3.05, 3.63) is 44.2 Å². The monoisotopic (exact) mass is 249 g/mol. The molecule has 18 heavy (non-hydrogen) atoms. The summed E-state index contributed by atoms with van der Waals surface area (Å²) < 4.78 is 6.48. The number of aliphatic hydroxyl groups excluding tert-OH is 1. The molecule has 0 saturated carbocycles. The highest BCUT2D eigenvalue weighted by Crippen LogP contribution is 2.26.